The fourth-order valence-corrected chi connectivity index (χ4v) is 3.52. The van der Waals surface area contributed by atoms with Gasteiger partial charge >= 0.3 is 0 Å². The summed E-state index contributed by atoms with van der Waals surface area (Å²) in [5, 5.41) is 11.6. The third-order valence-electron chi connectivity index (χ3n) is 5.11. The minimum atomic E-state index is -0.606. The lowest BCUT2D eigenvalue weighted by Crippen LogP contribution is -2.56. The molecule has 1 aliphatic heterocycles. The van der Waals surface area contributed by atoms with Crippen LogP contribution in [0, 0.1) is 0 Å². The van der Waals surface area contributed by atoms with E-state index in [4.69, 9.17) is 11.6 Å². The molecule has 1 amide bonds. The zero-order chi connectivity index (χ0) is 17.9. The number of aromatic nitrogens is 2. The monoisotopic (exact) mass is 396 g/mol. The van der Waals surface area contributed by atoms with E-state index in [0.717, 1.165) is 36.5 Å². The first kappa shape index (κ1) is 20.7. The van der Waals surface area contributed by atoms with Crippen molar-refractivity contribution in [1.82, 2.24) is 20.4 Å². The van der Waals surface area contributed by atoms with Gasteiger partial charge in [0.1, 0.15) is 5.54 Å². The quantitative estimate of drug-likeness (QED) is 0.815. The second-order valence-corrected chi connectivity index (χ2v) is 7.74. The fraction of sp³-hybridized carbons (Fsp3) is 0.474. The zero-order valence-corrected chi connectivity index (χ0v) is 16.7. The number of hydrogen-bond donors (Lipinski definition) is 2. The second-order valence-electron chi connectivity index (χ2n) is 7.31. The van der Waals surface area contributed by atoms with Gasteiger partial charge in [0.05, 0.1) is 0 Å². The summed E-state index contributed by atoms with van der Waals surface area (Å²) in [4.78, 5) is 13.1. The number of hydrogen-bond acceptors (Lipinski definition) is 3. The summed E-state index contributed by atoms with van der Waals surface area (Å²) < 4.78 is 1.82. The van der Waals surface area contributed by atoms with Crippen molar-refractivity contribution in [3.8, 4) is 0 Å². The molecular weight excluding hydrogens is 371 g/mol. The van der Waals surface area contributed by atoms with Crippen LogP contribution in [0.2, 0.25) is 5.02 Å². The van der Waals surface area contributed by atoms with Crippen LogP contribution in [0.3, 0.4) is 0 Å². The van der Waals surface area contributed by atoms with Crippen LogP contribution < -0.4 is 10.6 Å². The summed E-state index contributed by atoms with van der Waals surface area (Å²) in [7, 11) is 0. The highest BCUT2D eigenvalue weighted by molar-refractivity contribution is 6.30. The van der Waals surface area contributed by atoms with Crippen molar-refractivity contribution in [3.05, 3.63) is 53.3 Å². The van der Waals surface area contributed by atoms with Crippen molar-refractivity contribution in [1.29, 1.82) is 0 Å². The molecule has 0 aliphatic carbocycles. The van der Waals surface area contributed by atoms with Crippen LogP contribution in [0.5, 0.6) is 0 Å². The third-order valence-corrected chi connectivity index (χ3v) is 5.36. The number of benzene rings is 1. The Hall–Kier alpha value is -1.56. The molecular formula is C19H26Cl2N4O. The van der Waals surface area contributed by atoms with E-state index in [2.05, 4.69) is 29.6 Å². The molecule has 0 unspecified atom stereocenters. The predicted molar refractivity (Wildman–Crippen MR) is 107 cm³/mol. The Bertz CT molecular complexity index is 708. The average Bonchev–Trinajstić information content (AvgIpc) is 3.16. The number of nitrogens with one attached hydrogen (secondary N) is 2. The Balaban J connectivity index is 0.00000243. The Morgan fingerprint density at radius 3 is 2.54 bits per heavy atom. The van der Waals surface area contributed by atoms with Crippen molar-refractivity contribution in [2.24, 2.45) is 0 Å². The molecule has 0 spiro atoms. The predicted octanol–water partition coefficient (Wildman–Crippen LogP) is 3.13. The van der Waals surface area contributed by atoms with Crippen molar-refractivity contribution in [2.45, 2.75) is 37.6 Å². The van der Waals surface area contributed by atoms with Crippen LogP contribution in [0.4, 0.5) is 0 Å². The summed E-state index contributed by atoms with van der Waals surface area (Å²) in [5.74, 6) is 0.0414. The summed E-state index contributed by atoms with van der Waals surface area (Å²) in [5.41, 5.74) is 0.360. The van der Waals surface area contributed by atoms with E-state index in [1.807, 2.05) is 41.2 Å². The van der Waals surface area contributed by atoms with E-state index >= 15 is 0 Å². The smallest absolute Gasteiger partial charge is 0.248 e. The molecule has 7 heteroatoms. The molecule has 26 heavy (non-hydrogen) atoms. The van der Waals surface area contributed by atoms with Gasteiger partial charge in [0.2, 0.25) is 5.91 Å². The third kappa shape index (κ3) is 4.22. The number of rotatable bonds is 5. The largest absolute Gasteiger partial charge is 0.353 e. The molecule has 142 valence electrons. The van der Waals surface area contributed by atoms with Crippen LogP contribution in [0.1, 0.15) is 32.3 Å². The van der Waals surface area contributed by atoms with Crippen molar-refractivity contribution in [2.75, 3.05) is 19.6 Å². The van der Waals surface area contributed by atoms with Gasteiger partial charge in [-0.1, -0.05) is 37.6 Å². The number of carbonyl (C=O) groups is 1. The van der Waals surface area contributed by atoms with Crippen LogP contribution in [-0.4, -0.2) is 35.3 Å². The van der Waals surface area contributed by atoms with Gasteiger partial charge in [-0.2, -0.15) is 5.10 Å². The topological polar surface area (TPSA) is 59.0 Å². The molecule has 0 radical (unpaired) electrons. The lowest BCUT2D eigenvalue weighted by Gasteiger charge is -2.37. The molecule has 3 rings (SSSR count). The van der Waals surface area contributed by atoms with E-state index in [1.54, 1.807) is 6.20 Å². The molecule has 0 atom stereocenters. The van der Waals surface area contributed by atoms with Crippen molar-refractivity contribution < 1.29 is 4.79 Å². The summed E-state index contributed by atoms with van der Waals surface area (Å²) in [6.45, 7) is 6.44. The number of nitrogens with zero attached hydrogens (tertiary/aromatic N) is 2. The maximum Gasteiger partial charge on any atom is 0.248 e. The van der Waals surface area contributed by atoms with Crippen LogP contribution in [0.25, 0.3) is 0 Å². The van der Waals surface area contributed by atoms with E-state index in [0.29, 0.717) is 6.54 Å². The molecule has 2 N–H and O–H groups in total. The molecule has 1 aliphatic rings. The fourth-order valence-electron chi connectivity index (χ4n) is 3.39. The Morgan fingerprint density at radius 1 is 1.31 bits per heavy atom. The minimum Gasteiger partial charge on any atom is -0.353 e. The highest BCUT2D eigenvalue weighted by atomic mass is 35.5. The van der Waals surface area contributed by atoms with Gasteiger partial charge in [-0.3, -0.25) is 9.48 Å². The summed E-state index contributed by atoms with van der Waals surface area (Å²) >= 11 is 5.98. The Kier molecular flexibility index (Phi) is 6.72. The van der Waals surface area contributed by atoms with Gasteiger partial charge in [-0.25, -0.2) is 0 Å². The maximum atomic E-state index is 13.1. The first-order valence-electron chi connectivity index (χ1n) is 8.69. The number of piperidine rings is 1. The first-order valence-corrected chi connectivity index (χ1v) is 9.07. The summed E-state index contributed by atoms with van der Waals surface area (Å²) in [6, 6.07) is 9.68. The van der Waals surface area contributed by atoms with E-state index in [-0.39, 0.29) is 23.7 Å². The molecule has 0 saturated carbocycles. The maximum absolute atomic E-state index is 13.1. The number of halogens is 2. The molecule has 2 aromatic rings. The average molecular weight is 397 g/mol. The molecule has 1 fully saturated rings. The Labute approximate surface area is 165 Å². The molecule has 1 saturated heterocycles. The highest BCUT2D eigenvalue weighted by Gasteiger charge is 2.42. The number of carbonyl (C=O) groups excluding carboxylic acids is 1. The zero-order valence-electron chi connectivity index (χ0n) is 15.2. The highest BCUT2D eigenvalue weighted by Crippen LogP contribution is 2.28. The van der Waals surface area contributed by atoms with Crippen LogP contribution >= 0.6 is 24.0 Å². The van der Waals surface area contributed by atoms with Gasteiger partial charge in [0.25, 0.3) is 0 Å². The van der Waals surface area contributed by atoms with Gasteiger partial charge in [-0.05, 0) is 49.7 Å². The second kappa shape index (κ2) is 8.42. The van der Waals surface area contributed by atoms with E-state index in [1.165, 1.54) is 0 Å². The molecule has 1 aromatic heterocycles. The minimum absolute atomic E-state index is 0. The standard InChI is InChI=1S/C19H25ClN4O.ClH/c1-18(2,15-4-6-16(20)7-5-15)14-22-17(25)19(8-11-21-12-9-19)24-13-3-10-23-24;/h3-7,10,13,21H,8-9,11-12,14H2,1-2H3,(H,22,25);1H. The molecule has 0 bridgehead atoms. The van der Waals surface area contributed by atoms with Gasteiger partial charge < -0.3 is 10.6 Å². The molecule has 2 heterocycles. The first-order chi connectivity index (χ1) is 11.9. The lowest BCUT2D eigenvalue weighted by atomic mass is 9.83. The normalized spacial score (nSPS) is 16.6. The van der Waals surface area contributed by atoms with Crippen LogP contribution in [-0.2, 0) is 15.7 Å². The van der Waals surface area contributed by atoms with Crippen molar-refractivity contribution >= 4 is 29.9 Å². The van der Waals surface area contributed by atoms with Crippen LogP contribution in [0.15, 0.2) is 42.7 Å². The van der Waals surface area contributed by atoms with Gasteiger partial charge in [-0.15, -0.1) is 12.4 Å². The summed E-state index contributed by atoms with van der Waals surface area (Å²) in [6.07, 6.45) is 5.09. The molecule has 5 nitrogen and oxygen atoms in total. The van der Waals surface area contributed by atoms with E-state index < -0.39 is 5.54 Å². The molecule has 1 aromatic carbocycles. The lowest BCUT2D eigenvalue weighted by molar-refractivity contribution is -0.132. The number of amides is 1. The van der Waals surface area contributed by atoms with Gasteiger partial charge in [0.15, 0.2) is 0 Å². The van der Waals surface area contributed by atoms with Gasteiger partial charge in [0, 0.05) is 29.4 Å². The Morgan fingerprint density at radius 2 is 1.96 bits per heavy atom. The van der Waals surface area contributed by atoms with E-state index in [9.17, 15) is 4.79 Å². The van der Waals surface area contributed by atoms with Crippen molar-refractivity contribution in [3.63, 3.8) is 0 Å². The SMILES string of the molecule is CC(C)(CNC(=O)C1(n2cccn2)CCNCC1)c1ccc(Cl)cc1.Cl.